The minimum absolute atomic E-state index is 0.181. The molecule has 1 aliphatic heterocycles. The van der Waals surface area contributed by atoms with Gasteiger partial charge >= 0.3 is 0 Å². The van der Waals surface area contributed by atoms with E-state index in [9.17, 15) is 5.11 Å². The molecule has 0 spiro atoms. The Morgan fingerprint density at radius 1 is 1.58 bits per heavy atom. The molecule has 3 nitrogen and oxygen atoms in total. The maximum absolute atomic E-state index is 9.37. The number of β-amino-alcohol motifs (C(OH)–C–C–N with tert-alkyl or cyclic N) is 1. The van der Waals surface area contributed by atoms with Crippen LogP contribution in [0, 0.1) is 11.3 Å². The molecule has 0 bridgehead atoms. The van der Waals surface area contributed by atoms with Gasteiger partial charge in [-0.15, -0.1) is 0 Å². The van der Waals surface area contributed by atoms with Crippen molar-refractivity contribution in [3.63, 3.8) is 0 Å². The maximum Gasteiger partial charge on any atom is 0.0667 e. The average molecular weight is 168 g/mol. The zero-order valence-electron chi connectivity index (χ0n) is 7.53. The Labute approximate surface area is 73.6 Å². The van der Waals surface area contributed by atoms with Gasteiger partial charge in [0.2, 0.25) is 0 Å². The lowest BCUT2D eigenvalue weighted by Crippen LogP contribution is -2.44. The molecule has 68 valence electrons. The smallest absolute Gasteiger partial charge is 0.0667 e. The molecule has 0 aliphatic carbocycles. The number of aliphatic hydroxyl groups excluding tert-OH is 1. The molecule has 0 amide bonds. The van der Waals surface area contributed by atoms with E-state index in [2.05, 4.69) is 17.9 Å². The van der Waals surface area contributed by atoms with Crippen molar-refractivity contribution in [2.75, 3.05) is 13.1 Å². The summed E-state index contributed by atoms with van der Waals surface area (Å²) in [6, 6.07) is 2.66. The predicted molar refractivity (Wildman–Crippen MR) is 46.5 cm³/mol. The van der Waals surface area contributed by atoms with Crippen LogP contribution in [-0.2, 0) is 0 Å². The van der Waals surface area contributed by atoms with Gasteiger partial charge in [0.25, 0.3) is 0 Å². The van der Waals surface area contributed by atoms with Crippen LogP contribution in [0.5, 0.6) is 0 Å². The number of nitrogens with zero attached hydrogens (tertiary/aromatic N) is 2. The summed E-state index contributed by atoms with van der Waals surface area (Å²) in [6.07, 6.45) is 2.34. The Bertz CT molecular complexity index is 176. The molecule has 0 radical (unpaired) electrons. The lowest BCUT2D eigenvalue weighted by molar-refractivity contribution is 0.0424. The standard InChI is InChI=1S/C9H16N2O/c1-8-3-4-9(12)7-11(8)6-2-5-10/h8-9,12H,2-4,6-7H2,1H3. The lowest BCUT2D eigenvalue weighted by atomic mass is 10.0. The van der Waals surface area contributed by atoms with Crippen molar-refractivity contribution in [1.82, 2.24) is 4.90 Å². The second-order valence-electron chi connectivity index (χ2n) is 3.48. The maximum atomic E-state index is 9.37. The van der Waals surface area contributed by atoms with Gasteiger partial charge in [0.05, 0.1) is 12.2 Å². The molecule has 0 aromatic heterocycles. The topological polar surface area (TPSA) is 47.3 Å². The first-order valence-electron chi connectivity index (χ1n) is 4.53. The van der Waals surface area contributed by atoms with E-state index in [1.165, 1.54) is 0 Å². The molecular weight excluding hydrogens is 152 g/mol. The fourth-order valence-electron chi connectivity index (χ4n) is 1.66. The van der Waals surface area contributed by atoms with Crippen molar-refractivity contribution >= 4 is 0 Å². The van der Waals surface area contributed by atoms with Crippen molar-refractivity contribution in [2.24, 2.45) is 0 Å². The number of hydrogen-bond acceptors (Lipinski definition) is 3. The molecule has 1 N–H and O–H groups in total. The number of nitriles is 1. The Morgan fingerprint density at radius 3 is 3.00 bits per heavy atom. The minimum Gasteiger partial charge on any atom is -0.392 e. The molecule has 1 aliphatic rings. The Morgan fingerprint density at radius 2 is 2.33 bits per heavy atom. The van der Waals surface area contributed by atoms with E-state index >= 15 is 0 Å². The number of piperidine rings is 1. The molecule has 2 unspecified atom stereocenters. The van der Waals surface area contributed by atoms with Gasteiger partial charge in [-0.1, -0.05) is 0 Å². The van der Waals surface area contributed by atoms with Crippen LogP contribution in [-0.4, -0.2) is 35.2 Å². The van der Waals surface area contributed by atoms with E-state index in [0.29, 0.717) is 12.5 Å². The first kappa shape index (κ1) is 9.50. The van der Waals surface area contributed by atoms with Crippen LogP contribution in [0.25, 0.3) is 0 Å². The summed E-state index contributed by atoms with van der Waals surface area (Å²) >= 11 is 0. The molecule has 0 aromatic rings. The molecule has 1 heterocycles. The summed E-state index contributed by atoms with van der Waals surface area (Å²) in [5, 5.41) is 17.8. The van der Waals surface area contributed by atoms with Gasteiger partial charge in [0.15, 0.2) is 0 Å². The lowest BCUT2D eigenvalue weighted by Gasteiger charge is -2.35. The van der Waals surface area contributed by atoms with Crippen LogP contribution < -0.4 is 0 Å². The summed E-state index contributed by atoms with van der Waals surface area (Å²) in [5.41, 5.74) is 0. The zero-order valence-corrected chi connectivity index (χ0v) is 7.53. The van der Waals surface area contributed by atoms with Crippen LogP contribution in [0.2, 0.25) is 0 Å². The largest absolute Gasteiger partial charge is 0.392 e. The third kappa shape index (κ3) is 2.47. The molecule has 1 rings (SSSR count). The fourth-order valence-corrected chi connectivity index (χ4v) is 1.66. The first-order valence-corrected chi connectivity index (χ1v) is 4.53. The van der Waals surface area contributed by atoms with Crippen LogP contribution in [0.4, 0.5) is 0 Å². The predicted octanol–water partition coefficient (Wildman–Crippen LogP) is 0.745. The van der Waals surface area contributed by atoms with Gasteiger partial charge in [-0.05, 0) is 19.8 Å². The zero-order chi connectivity index (χ0) is 8.97. The Kier molecular flexibility index (Phi) is 3.51. The normalized spacial score (nSPS) is 31.4. The van der Waals surface area contributed by atoms with Gasteiger partial charge in [0.1, 0.15) is 0 Å². The van der Waals surface area contributed by atoms with Crippen LogP contribution in [0.15, 0.2) is 0 Å². The fraction of sp³-hybridized carbons (Fsp3) is 0.889. The van der Waals surface area contributed by atoms with E-state index < -0.39 is 0 Å². The van der Waals surface area contributed by atoms with E-state index in [1.54, 1.807) is 0 Å². The Hall–Kier alpha value is -0.590. The van der Waals surface area contributed by atoms with E-state index in [4.69, 9.17) is 5.26 Å². The highest BCUT2D eigenvalue weighted by molar-refractivity contribution is 4.81. The minimum atomic E-state index is -0.181. The second kappa shape index (κ2) is 4.44. The summed E-state index contributed by atoms with van der Waals surface area (Å²) in [4.78, 5) is 2.19. The quantitative estimate of drug-likeness (QED) is 0.661. The molecule has 0 aromatic carbocycles. The molecule has 0 saturated carbocycles. The second-order valence-corrected chi connectivity index (χ2v) is 3.48. The number of hydrogen-bond donors (Lipinski definition) is 1. The summed E-state index contributed by atoms with van der Waals surface area (Å²) < 4.78 is 0. The first-order chi connectivity index (χ1) is 5.74. The number of rotatable bonds is 2. The third-order valence-electron chi connectivity index (χ3n) is 2.50. The van der Waals surface area contributed by atoms with Gasteiger partial charge in [-0.3, -0.25) is 4.90 Å². The molecule has 1 saturated heterocycles. The van der Waals surface area contributed by atoms with Crippen molar-refractivity contribution in [2.45, 2.75) is 38.3 Å². The molecule has 12 heavy (non-hydrogen) atoms. The highest BCUT2D eigenvalue weighted by Gasteiger charge is 2.22. The highest BCUT2D eigenvalue weighted by Crippen LogP contribution is 2.16. The van der Waals surface area contributed by atoms with Crippen molar-refractivity contribution in [3.05, 3.63) is 0 Å². The van der Waals surface area contributed by atoms with Crippen LogP contribution in [0.3, 0.4) is 0 Å². The van der Waals surface area contributed by atoms with Gasteiger partial charge < -0.3 is 5.11 Å². The SMILES string of the molecule is CC1CCC(O)CN1CCC#N. The van der Waals surface area contributed by atoms with Gasteiger partial charge in [-0.25, -0.2) is 0 Å². The van der Waals surface area contributed by atoms with E-state index in [1.807, 2.05) is 0 Å². The third-order valence-corrected chi connectivity index (χ3v) is 2.50. The van der Waals surface area contributed by atoms with Crippen LogP contribution in [0.1, 0.15) is 26.2 Å². The molecular formula is C9H16N2O. The molecule has 3 heteroatoms. The van der Waals surface area contributed by atoms with Crippen molar-refractivity contribution in [1.29, 1.82) is 5.26 Å². The van der Waals surface area contributed by atoms with E-state index in [-0.39, 0.29) is 6.10 Å². The van der Waals surface area contributed by atoms with Crippen molar-refractivity contribution in [3.8, 4) is 6.07 Å². The summed E-state index contributed by atoms with van der Waals surface area (Å²) in [5.74, 6) is 0. The molecule has 2 atom stereocenters. The number of aliphatic hydroxyl groups is 1. The average Bonchev–Trinajstić information content (AvgIpc) is 2.07. The number of likely N-dealkylation sites (tertiary alicyclic amines) is 1. The van der Waals surface area contributed by atoms with E-state index in [0.717, 1.165) is 25.9 Å². The summed E-state index contributed by atoms with van der Waals surface area (Å²) in [7, 11) is 0. The van der Waals surface area contributed by atoms with Crippen molar-refractivity contribution < 1.29 is 5.11 Å². The summed E-state index contributed by atoms with van der Waals surface area (Å²) in [6.45, 7) is 3.70. The van der Waals surface area contributed by atoms with Crippen LogP contribution >= 0.6 is 0 Å². The van der Waals surface area contributed by atoms with Gasteiger partial charge in [-0.2, -0.15) is 5.26 Å². The Balaban J connectivity index is 2.34. The highest BCUT2D eigenvalue weighted by atomic mass is 16.3. The monoisotopic (exact) mass is 168 g/mol. The van der Waals surface area contributed by atoms with Gasteiger partial charge in [0, 0.05) is 25.6 Å². The molecule has 1 fully saturated rings.